The summed E-state index contributed by atoms with van der Waals surface area (Å²) in [7, 11) is 0. The molecule has 1 N–H and O–H groups in total. The Labute approximate surface area is 129 Å². The van der Waals surface area contributed by atoms with E-state index in [0.717, 1.165) is 23.4 Å². The van der Waals surface area contributed by atoms with Crippen molar-refractivity contribution >= 4 is 17.3 Å². The lowest BCUT2D eigenvalue weighted by atomic mass is 10.1. The molecule has 0 radical (unpaired) electrons. The molecule has 0 fully saturated rings. The van der Waals surface area contributed by atoms with Gasteiger partial charge in [-0.2, -0.15) is 0 Å². The van der Waals surface area contributed by atoms with Crippen LogP contribution in [-0.2, 0) is 0 Å². The SMILES string of the molecule is CCCOc1cccc(NC(C)c2ccc(F)c(Cl)c2)c1. The molecule has 1 atom stereocenters. The number of rotatable bonds is 6. The zero-order valence-corrected chi connectivity index (χ0v) is 13.0. The van der Waals surface area contributed by atoms with Gasteiger partial charge < -0.3 is 10.1 Å². The van der Waals surface area contributed by atoms with Gasteiger partial charge in [-0.15, -0.1) is 0 Å². The highest BCUT2D eigenvalue weighted by atomic mass is 35.5. The fourth-order valence-electron chi connectivity index (χ4n) is 2.01. The van der Waals surface area contributed by atoms with E-state index in [4.69, 9.17) is 16.3 Å². The molecule has 2 aromatic rings. The first-order chi connectivity index (χ1) is 10.1. The fourth-order valence-corrected chi connectivity index (χ4v) is 2.20. The molecule has 2 rings (SSSR count). The molecule has 4 heteroatoms. The van der Waals surface area contributed by atoms with Gasteiger partial charge in [0.15, 0.2) is 0 Å². The second-order valence-corrected chi connectivity index (χ2v) is 5.32. The van der Waals surface area contributed by atoms with E-state index >= 15 is 0 Å². The molecule has 2 aromatic carbocycles. The van der Waals surface area contributed by atoms with E-state index in [2.05, 4.69) is 12.2 Å². The van der Waals surface area contributed by atoms with Crippen LogP contribution in [0.5, 0.6) is 5.75 Å². The third-order valence-electron chi connectivity index (χ3n) is 3.13. The van der Waals surface area contributed by atoms with E-state index in [1.165, 1.54) is 6.07 Å². The first-order valence-electron chi connectivity index (χ1n) is 7.04. The lowest BCUT2D eigenvalue weighted by Crippen LogP contribution is -2.07. The molecule has 0 saturated heterocycles. The molecule has 2 nitrogen and oxygen atoms in total. The van der Waals surface area contributed by atoms with Crippen LogP contribution in [0.4, 0.5) is 10.1 Å². The molecule has 0 heterocycles. The highest BCUT2D eigenvalue weighted by Gasteiger charge is 2.08. The van der Waals surface area contributed by atoms with E-state index in [9.17, 15) is 4.39 Å². The number of hydrogen-bond donors (Lipinski definition) is 1. The molecular weight excluding hydrogens is 289 g/mol. The van der Waals surface area contributed by atoms with Crippen LogP contribution in [0, 0.1) is 5.82 Å². The Kier molecular flexibility index (Phi) is 5.45. The van der Waals surface area contributed by atoms with Crippen molar-refractivity contribution in [1.29, 1.82) is 0 Å². The number of anilines is 1. The number of halogens is 2. The largest absolute Gasteiger partial charge is 0.494 e. The maximum absolute atomic E-state index is 13.2. The first-order valence-corrected chi connectivity index (χ1v) is 7.42. The summed E-state index contributed by atoms with van der Waals surface area (Å²) in [6.07, 6.45) is 0.974. The highest BCUT2D eigenvalue weighted by Crippen LogP contribution is 2.25. The average molecular weight is 308 g/mol. The molecular formula is C17H19ClFNO. The van der Waals surface area contributed by atoms with Crippen LogP contribution in [0.15, 0.2) is 42.5 Å². The summed E-state index contributed by atoms with van der Waals surface area (Å²) in [5, 5.41) is 3.50. The molecule has 1 unspecified atom stereocenters. The van der Waals surface area contributed by atoms with Gasteiger partial charge in [0.2, 0.25) is 0 Å². The third kappa shape index (κ3) is 4.36. The summed E-state index contributed by atoms with van der Waals surface area (Å²) in [6, 6.07) is 12.6. The van der Waals surface area contributed by atoms with E-state index in [-0.39, 0.29) is 11.1 Å². The van der Waals surface area contributed by atoms with Crippen molar-refractivity contribution < 1.29 is 9.13 Å². The highest BCUT2D eigenvalue weighted by molar-refractivity contribution is 6.30. The minimum Gasteiger partial charge on any atom is -0.494 e. The van der Waals surface area contributed by atoms with Gasteiger partial charge in [0, 0.05) is 17.8 Å². The Bertz CT molecular complexity index is 603. The second kappa shape index (κ2) is 7.32. The van der Waals surface area contributed by atoms with Crippen LogP contribution in [-0.4, -0.2) is 6.61 Å². The Morgan fingerprint density at radius 3 is 2.76 bits per heavy atom. The zero-order valence-electron chi connectivity index (χ0n) is 12.2. The molecule has 0 bridgehead atoms. The first kappa shape index (κ1) is 15.6. The number of nitrogens with one attached hydrogen (secondary N) is 1. The molecule has 21 heavy (non-hydrogen) atoms. The summed E-state index contributed by atoms with van der Waals surface area (Å²) >= 11 is 5.82. The monoisotopic (exact) mass is 307 g/mol. The van der Waals surface area contributed by atoms with E-state index in [1.807, 2.05) is 31.2 Å². The summed E-state index contributed by atoms with van der Waals surface area (Å²) in [5.74, 6) is 0.439. The molecule has 0 aliphatic heterocycles. The summed E-state index contributed by atoms with van der Waals surface area (Å²) in [5.41, 5.74) is 1.89. The Hall–Kier alpha value is -1.74. The fraction of sp³-hybridized carbons (Fsp3) is 0.294. The summed E-state index contributed by atoms with van der Waals surface area (Å²) in [6.45, 7) is 4.78. The van der Waals surface area contributed by atoms with Crippen molar-refractivity contribution in [2.75, 3.05) is 11.9 Å². The van der Waals surface area contributed by atoms with Crippen molar-refractivity contribution in [2.24, 2.45) is 0 Å². The molecule has 0 aromatic heterocycles. The van der Waals surface area contributed by atoms with Crippen LogP contribution in [0.25, 0.3) is 0 Å². The quantitative estimate of drug-likeness (QED) is 0.767. The van der Waals surface area contributed by atoms with Gasteiger partial charge in [0.25, 0.3) is 0 Å². The zero-order chi connectivity index (χ0) is 15.2. The van der Waals surface area contributed by atoms with Gasteiger partial charge in [0.1, 0.15) is 11.6 Å². The maximum Gasteiger partial charge on any atom is 0.141 e. The Morgan fingerprint density at radius 1 is 1.24 bits per heavy atom. The van der Waals surface area contributed by atoms with Crippen molar-refractivity contribution in [1.82, 2.24) is 0 Å². The topological polar surface area (TPSA) is 21.3 Å². The number of ether oxygens (including phenoxy) is 1. The van der Waals surface area contributed by atoms with Crippen molar-refractivity contribution in [3.63, 3.8) is 0 Å². The summed E-state index contributed by atoms with van der Waals surface area (Å²) in [4.78, 5) is 0. The second-order valence-electron chi connectivity index (χ2n) is 4.92. The van der Waals surface area contributed by atoms with Crippen LogP contribution >= 0.6 is 11.6 Å². The lowest BCUT2D eigenvalue weighted by molar-refractivity contribution is 0.317. The Morgan fingerprint density at radius 2 is 2.05 bits per heavy atom. The minimum absolute atomic E-state index is 0.0181. The molecule has 0 aliphatic carbocycles. The minimum atomic E-state index is -0.400. The standard InChI is InChI=1S/C17H19ClFNO/c1-3-9-21-15-6-4-5-14(11-15)20-12(2)13-7-8-17(19)16(18)10-13/h4-8,10-12,20H,3,9H2,1-2H3. The van der Waals surface area contributed by atoms with Crippen LogP contribution < -0.4 is 10.1 Å². The number of benzene rings is 2. The van der Waals surface area contributed by atoms with Crippen molar-refractivity contribution in [3.8, 4) is 5.75 Å². The van der Waals surface area contributed by atoms with Crippen LogP contribution in [0.2, 0.25) is 5.02 Å². The lowest BCUT2D eigenvalue weighted by Gasteiger charge is -2.17. The van der Waals surface area contributed by atoms with E-state index in [1.54, 1.807) is 12.1 Å². The van der Waals surface area contributed by atoms with Crippen LogP contribution in [0.1, 0.15) is 31.9 Å². The summed E-state index contributed by atoms with van der Waals surface area (Å²) < 4.78 is 18.8. The van der Waals surface area contributed by atoms with Crippen molar-refractivity contribution in [2.45, 2.75) is 26.3 Å². The predicted molar refractivity (Wildman–Crippen MR) is 85.7 cm³/mol. The molecule has 0 saturated carbocycles. The molecule has 0 amide bonds. The van der Waals surface area contributed by atoms with Gasteiger partial charge in [-0.1, -0.05) is 30.7 Å². The average Bonchev–Trinajstić information content (AvgIpc) is 2.48. The van der Waals surface area contributed by atoms with Gasteiger partial charge in [-0.05, 0) is 43.2 Å². The Balaban J connectivity index is 2.07. The normalized spacial score (nSPS) is 12.0. The molecule has 0 aliphatic rings. The van der Waals surface area contributed by atoms with Gasteiger partial charge in [0.05, 0.1) is 11.6 Å². The van der Waals surface area contributed by atoms with E-state index in [0.29, 0.717) is 6.61 Å². The molecule has 112 valence electrons. The van der Waals surface area contributed by atoms with Gasteiger partial charge in [-0.25, -0.2) is 4.39 Å². The van der Waals surface area contributed by atoms with Crippen molar-refractivity contribution in [3.05, 3.63) is 58.9 Å². The van der Waals surface area contributed by atoms with Gasteiger partial charge in [-0.3, -0.25) is 0 Å². The third-order valence-corrected chi connectivity index (χ3v) is 3.42. The molecule has 0 spiro atoms. The maximum atomic E-state index is 13.2. The van der Waals surface area contributed by atoms with Crippen LogP contribution in [0.3, 0.4) is 0 Å². The van der Waals surface area contributed by atoms with E-state index < -0.39 is 5.82 Å². The smallest absolute Gasteiger partial charge is 0.141 e. The van der Waals surface area contributed by atoms with Gasteiger partial charge >= 0.3 is 0 Å². The number of hydrogen-bond acceptors (Lipinski definition) is 2. The predicted octanol–water partition coefficient (Wildman–Crippen LogP) is 5.44.